The SMILES string of the molecule is CCC(C)(Sc1nc(C)cs1)C(=O)O. The lowest BCUT2D eigenvalue weighted by atomic mass is 10.1. The molecule has 0 bridgehead atoms. The van der Waals surface area contributed by atoms with E-state index >= 15 is 0 Å². The summed E-state index contributed by atoms with van der Waals surface area (Å²) in [6.07, 6.45) is 0.589. The van der Waals surface area contributed by atoms with Gasteiger partial charge in [0, 0.05) is 11.1 Å². The fourth-order valence-electron chi connectivity index (χ4n) is 0.839. The molecule has 0 aliphatic heterocycles. The summed E-state index contributed by atoms with van der Waals surface area (Å²) in [5, 5.41) is 11.0. The highest BCUT2D eigenvalue weighted by Gasteiger charge is 2.33. The lowest BCUT2D eigenvalue weighted by Crippen LogP contribution is -2.30. The molecule has 0 radical (unpaired) electrons. The van der Waals surface area contributed by atoms with Crippen molar-refractivity contribution >= 4 is 29.1 Å². The Labute approximate surface area is 91.6 Å². The summed E-state index contributed by atoms with van der Waals surface area (Å²) in [4.78, 5) is 15.3. The molecule has 1 atom stereocenters. The van der Waals surface area contributed by atoms with Gasteiger partial charge in [0.2, 0.25) is 0 Å². The minimum absolute atomic E-state index is 0.589. The summed E-state index contributed by atoms with van der Waals surface area (Å²) in [5.74, 6) is -0.780. The Balaban J connectivity index is 2.80. The number of aromatic nitrogens is 1. The molecule has 0 saturated heterocycles. The van der Waals surface area contributed by atoms with Gasteiger partial charge in [0.1, 0.15) is 4.75 Å². The van der Waals surface area contributed by atoms with Crippen molar-refractivity contribution < 1.29 is 9.90 Å². The predicted molar refractivity (Wildman–Crippen MR) is 59.0 cm³/mol. The molecule has 0 amide bonds. The quantitative estimate of drug-likeness (QED) is 0.809. The molecule has 0 aliphatic carbocycles. The van der Waals surface area contributed by atoms with Crippen molar-refractivity contribution in [2.24, 2.45) is 0 Å². The van der Waals surface area contributed by atoms with Crippen LogP contribution in [-0.2, 0) is 4.79 Å². The number of aliphatic carboxylic acids is 1. The molecule has 0 saturated carbocycles. The molecule has 1 aromatic rings. The van der Waals surface area contributed by atoms with Crippen LogP contribution in [-0.4, -0.2) is 20.8 Å². The van der Waals surface area contributed by atoms with E-state index in [4.69, 9.17) is 5.11 Å². The van der Waals surface area contributed by atoms with Gasteiger partial charge in [0.05, 0.1) is 0 Å². The summed E-state index contributed by atoms with van der Waals surface area (Å²) < 4.78 is 0.0684. The molecule has 14 heavy (non-hydrogen) atoms. The third-order valence-corrected chi connectivity index (χ3v) is 4.51. The number of carboxylic acids is 1. The van der Waals surface area contributed by atoms with Crippen molar-refractivity contribution in [2.75, 3.05) is 0 Å². The Morgan fingerprint density at radius 1 is 1.79 bits per heavy atom. The molecule has 1 N–H and O–H groups in total. The van der Waals surface area contributed by atoms with Crippen molar-refractivity contribution in [3.63, 3.8) is 0 Å². The van der Waals surface area contributed by atoms with E-state index in [1.807, 2.05) is 19.2 Å². The van der Waals surface area contributed by atoms with Crippen LogP contribution in [0.4, 0.5) is 0 Å². The maximum atomic E-state index is 11.0. The Kier molecular flexibility index (Phi) is 3.55. The molecule has 5 heteroatoms. The largest absolute Gasteiger partial charge is 0.480 e. The number of thiazole rings is 1. The third-order valence-electron chi connectivity index (χ3n) is 2.04. The number of hydrogen-bond donors (Lipinski definition) is 1. The lowest BCUT2D eigenvalue weighted by Gasteiger charge is -2.20. The topological polar surface area (TPSA) is 50.2 Å². The fourth-order valence-corrected chi connectivity index (χ4v) is 3.06. The number of carboxylic acid groups (broad SMARTS) is 1. The average molecular weight is 231 g/mol. The maximum absolute atomic E-state index is 11.0. The zero-order valence-corrected chi connectivity index (χ0v) is 10.0. The van der Waals surface area contributed by atoms with Crippen LogP contribution >= 0.6 is 23.1 Å². The normalized spacial score (nSPS) is 15.1. The van der Waals surface area contributed by atoms with E-state index in [0.29, 0.717) is 6.42 Å². The number of carbonyl (C=O) groups is 1. The van der Waals surface area contributed by atoms with E-state index in [1.54, 1.807) is 6.92 Å². The van der Waals surface area contributed by atoms with E-state index in [0.717, 1.165) is 10.0 Å². The van der Waals surface area contributed by atoms with Gasteiger partial charge in [-0.1, -0.05) is 18.7 Å². The van der Waals surface area contributed by atoms with Gasteiger partial charge in [0.15, 0.2) is 4.34 Å². The molecule has 78 valence electrons. The average Bonchev–Trinajstić information content (AvgIpc) is 2.50. The zero-order chi connectivity index (χ0) is 10.8. The van der Waals surface area contributed by atoms with E-state index in [1.165, 1.54) is 23.1 Å². The Bertz CT molecular complexity index is 337. The minimum atomic E-state index is -0.780. The number of nitrogens with zero attached hydrogens (tertiary/aromatic N) is 1. The highest BCUT2D eigenvalue weighted by Crippen LogP contribution is 2.37. The van der Waals surface area contributed by atoms with Crippen molar-refractivity contribution in [3.05, 3.63) is 11.1 Å². The highest BCUT2D eigenvalue weighted by molar-refractivity contribution is 8.03. The Morgan fingerprint density at radius 3 is 2.79 bits per heavy atom. The van der Waals surface area contributed by atoms with Crippen LogP contribution in [0.5, 0.6) is 0 Å². The fraction of sp³-hybridized carbons (Fsp3) is 0.556. The summed E-state index contributed by atoms with van der Waals surface area (Å²) in [7, 11) is 0. The van der Waals surface area contributed by atoms with E-state index in [-0.39, 0.29) is 0 Å². The molecule has 0 spiro atoms. The first-order valence-electron chi connectivity index (χ1n) is 4.32. The van der Waals surface area contributed by atoms with Gasteiger partial charge in [-0.3, -0.25) is 4.79 Å². The molecule has 0 fully saturated rings. The molecule has 0 aromatic carbocycles. The van der Waals surface area contributed by atoms with Gasteiger partial charge >= 0.3 is 5.97 Å². The van der Waals surface area contributed by atoms with Crippen LogP contribution in [0, 0.1) is 6.92 Å². The number of rotatable bonds is 4. The van der Waals surface area contributed by atoms with Crippen LogP contribution in [0.1, 0.15) is 26.0 Å². The Morgan fingerprint density at radius 2 is 2.43 bits per heavy atom. The monoisotopic (exact) mass is 231 g/mol. The standard InChI is InChI=1S/C9H13NO2S2/c1-4-9(3,7(11)12)14-8-10-6(2)5-13-8/h5H,4H2,1-3H3,(H,11,12). The van der Waals surface area contributed by atoms with Crippen molar-refractivity contribution in [3.8, 4) is 0 Å². The van der Waals surface area contributed by atoms with E-state index in [9.17, 15) is 4.79 Å². The number of hydrogen-bond acceptors (Lipinski definition) is 4. The first kappa shape index (κ1) is 11.5. The van der Waals surface area contributed by atoms with E-state index in [2.05, 4.69) is 4.98 Å². The smallest absolute Gasteiger partial charge is 0.319 e. The van der Waals surface area contributed by atoms with Gasteiger partial charge in [0.25, 0.3) is 0 Å². The summed E-state index contributed by atoms with van der Waals surface area (Å²) in [6.45, 7) is 5.52. The van der Waals surface area contributed by atoms with Crippen LogP contribution in [0.3, 0.4) is 0 Å². The van der Waals surface area contributed by atoms with Gasteiger partial charge in [-0.25, -0.2) is 4.98 Å². The first-order valence-corrected chi connectivity index (χ1v) is 6.02. The van der Waals surface area contributed by atoms with Crippen LogP contribution in [0.2, 0.25) is 0 Å². The number of thioether (sulfide) groups is 1. The molecule has 3 nitrogen and oxygen atoms in total. The molecule has 1 unspecified atom stereocenters. The van der Waals surface area contributed by atoms with E-state index < -0.39 is 10.7 Å². The Hall–Kier alpha value is -0.550. The number of aryl methyl sites for hydroxylation is 1. The molecule has 0 aliphatic rings. The zero-order valence-electron chi connectivity index (χ0n) is 8.40. The maximum Gasteiger partial charge on any atom is 0.319 e. The molecule has 1 aromatic heterocycles. The predicted octanol–water partition coefficient (Wildman–Crippen LogP) is 2.80. The highest BCUT2D eigenvalue weighted by atomic mass is 32.2. The van der Waals surface area contributed by atoms with Gasteiger partial charge in [-0.15, -0.1) is 11.3 Å². The molecular formula is C9H13NO2S2. The summed E-state index contributed by atoms with van der Waals surface area (Å²) in [6, 6.07) is 0. The summed E-state index contributed by atoms with van der Waals surface area (Å²) >= 11 is 2.83. The van der Waals surface area contributed by atoms with Crippen molar-refractivity contribution in [2.45, 2.75) is 36.3 Å². The van der Waals surface area contributed by atoms with Crippen molar-refractivity contribution in [1.29, 1.82) is 0 Å². The molecule has 1 rings (SSSR count). The van der Waals surface area contributed by atoms with Gasteiger partial charge in [-0.05, 0) is 20.3 Å². The first-order chi connectivity index (χ1) is 6.48. The second-order valence-corrected chi connectivity index (χ2v) is 5.85. The minimum Gasteiger partial charge on any atom is -0.480 e. The lowest BCUT2D eigenvalue weighted by molar-refractivity contribution is -0.139. The van der Waals surface area contributed by atoms with Crippen LogP contribution in [0.15, 0.2) is 9.72 Å². The second kappa shape index (κ2) is 4.31. The molecular weight excluding hydrogens is 218 g/mol. The van der Waals surface area contributed by atoms with Crippen LogP contribution < -0.4 is 0 Å². The van der Waals surface area contributed by atoms with Gasteiger partial charge in [-0.2, -0.15) is 0 Å². The molecule has 1 heterocycles. The third kappa shape index (κ3) is 2.48. The second-order valence-electron chi connectivity index (χ2n) is 3.25. The van der Waals surface area contributed by atoms with Gasteiger partial charge < -0.3 is 5.11 Å². The summed E-state index contributed by atoms with van der Waals surface area (Å²) in [5.41, 5.74) is 0.946. The van der Waals surface area contributed by atoms with Crippen LogP contribution in [0.25, 0.3) is 0 Å². The van der Waals surface area contributed by atoms with Crippen molar-refractivity contribution in [1.82, 2.24) is 4.98 Å².